The van der Waals surface area contributed by atoms with Crippen molar-refractivity contribution in [2.45, 2.75) is 20.3 Å². The summed E-state index contributed by atoms with van der Waals surface area (Å²) in [6.07, 6.45) is 3.99. The molecule has 0 N–H and O–H groups in total. The molecular weight excluding hydrogens is 554 g/mol. The van der Waals surface area contributed by atoms with Crippen molar-refractivity contribution in [3.8, 4) is 5.75 Å². The molecule has 0 aromatic heterocycles. The molecule has 0 radical (unpaired) electrons. The van der Waals surface area contributed by atoms with Crippen LogP contribution in [-0.2, 0) is 9.59 Å². The van der Waals surface area contributed by atoms with Gasteiger partial charge in [-0.3, -0.25) is 29.3 Å². The van der Waals surface area contributed by atoms with E-state index >= 15 is 0 Å². The van der Waals surface area contributed by atoms with E-state index in [-0.39, 0.29) is 28.5 Å². The van der Waals surface area contributed by atoms with E-state index in [1.54, 1.807) is 24.3 Å². The molecule has 43 heavy (non-hydrogen) atoms. The number of fused-ring (bicyclic) bond motifs is 1. The van der Waals surface area contributed by atoms with E-state index in [9.17, 15) is 34.1 Å². The number of hydrogen-bond donors (Lipinski definition) is 0. The number of allylic oxidation sites excluding steroid dienone is 2. The molecule has 3 atom stereocenters. The molecule has 1 fully saturated rings. The van der Waals surface area contributed by atoms with Crippen LogP contribution in [0.25, 0.3) is 0 Å². The lowest BCUT2D eigenvalue weighted by Crippen LogP contribution is -2.52. The van der Waals surface area contributed by atoms with Gasteiger partial charge in [0.15, 0.2) is 5.78 Å². The van der Waals surface area contributed by atoms with E-state index in [1.807, 2.05) is 26.0 Å². The first kappa shape index (κ1) is 29.1. The molecule has 11 heteroatoms. The van der Waals surface area contributed by atoms with Gasteiger partial charge in [0.2, 0.25) is 0 Å². The highest BCUT2D eigenvalue weighted by molar-refractivity contribution is 6.10. The number of hydrazine groups is 1. The number of imide groups is 1. The molecule has 218 valence electrons. The number of esters is 1. The van der Waals surface area contributed by atoms with Crippen LogP contribution in [-0.4, -0.2) is 51.0 Å². The van der Waals surface area contributed by atoms with Crippen molar-refractivity contribution in [1.29, 1.82) is 0 Å². The zero-order valence-corrected chi connectivity index (χ0v) is 23.3. The quantitative estimate of drug-likeness (QED) is 0.0716. The summed E-state index contributed by atoms with van der Waals surface area (Å²) in [5, 5.41) is 12.6. The first-order valence-corrected chi connectivity index (χ1v) is 13.6. The molecule has 3 aromatic rings. The Morgan fingerprint density at radius 3 is 2.12 bits per heavy atom. The van der Waals surface area contributed by atoms with Gasteiger partial charge in [0.25, 0.3) is 23.4 Å². The molecule has 11 nitrogen and oxygen atoms in total. The Bertz CT molecular complexity index is 1650. The van der Waals surface area contributed by atoms with Gasteiger partial charge in [-0.1, -0.05) is 36.8 Å². The first-order valence-electron chi connectivity index (χ1n) is 13.6. The Kier molecular flexibility index (Phi) is 7.98. The lowest BCUT2D eigenvalue weighted by Gasteiger charge is -2.30. The number of non-ortho nitro benzene ring substituents is 1. The number of nitro groups is 1. The van der Waals surface area contributed by atoms with E-state index in [1.165, 1.54) is 36.4 Å². The number of aryl methyl sites for hydroxylation is 1. The Balaban J connectivity index is 1.39. The van der Waals surface area contributed by atoms with Gasteiger partial charge >= 0.3 is 5.97 Å². The van der Waals surface area contributed by atoms with Gasteiger partial charge < -0.3 is 4.74 Å². The number of Topliss-reactive ketones (excluding diaryl/α,β-unsaturated/α-hetero) is 1. The molecule has 3 amide bonds. The lowest BCUT2D eigenvalue weighted by molar-refractivity contribution is -0.384. The standard InChI is InChI=1S/C32H27N3O8/c1-19-6-8-23(9-7-19)32(40)43-25-16-12-21(13-17-25)27(36)18-33(29(37)22-10-14-24(15-11-22)35(41)42)34-30(38)26-5-3-4-20(2)28(26)31(34)39/h3-4,6-17,20,26,28H,5,18H2,1-2H3/t20-,26-,28-/m1/s1. The number of nitro benzene ring substituents is 1. The number of nitrogens with zero attached hydrogens (tertiary/aromatic N) is 3. The Hall–Kier alpha value is -5.45. The van der Waals surface area contributed by atoms with Crippen molar-refractivity contribution in [2.24, 2.45) is 17.8 Å². The second-order valence-electron chi connectivity index (χ2n) is 10.5. The van der Waals surface area contributed by atoms with Crippen LogP contribution < -0.4 is 4.74 Å². The third-order valence-corrected chi connectivity index (χ3v) is 7.62. The van der Waals surface area contributed by atoms with E-state index in [0.717, 1.165) is 27.7 Å². The number of benzene rings is 3. The van der Waals surface area contributed by atoms with Crippen LogP contribution in [0.1, 0.15) is 50.0 Å². The molecule has 1 aliphatic heterocycles. The van der Waals surface area contributed by atoms with Gasteiger partial charge in [0.1, 0.15) is 12.3 Å². The molecule has 5 rings (SSSR count). The summed E-state index contributed by atoms with van der Waals surface area (Å²) in [7, 11) is 0. The zero-order chi connectivity index (χ0) is 30.8. The molecular formula is C32H27N3O8. The highest BCUT2D eigenvalue weighted by Crippen LogP contribution is 2.39. The maximum absolute atomic E-state index is 13.7. The number of amides is 3. The van der Waals surface area contributed by atoms with Crippen LogP contribution >= 0.6 is 0 Å². The molecule has 0 saturated carbocycles. The molecule has 0 bridgehead atoms. The highest BCUT2D eigenvalue weighted by atomic mass is 16.6. The molecule has 1 aliphatic carbocycles. The van der Waals surface area contributed by atoms with E-state index in [2.05, 4.69) is 0 Å². The Labute approximate surface area is 246 Å². The van der Waals surface area contributed by atoms with Crippen molar-refractivity contribution in [1.82, 2.24) is 10.0 Å². The SMILES string of the molecule is Cc1ccc(C(=O)Oc2ccc(C(=O)CN(C(=O)c3ccc([N+](=O)[O-])cc3)N3C(=O)[C@@H]4[C@H](C)C=CC[C@H]4C3=O)cc2)cc1. The third-order valence-electron chi connectivity index (χ3n) is 7.62. The lowest BCUT2D eigenvalue weighted by atomic mass is 9.78. The summed E-state index contributed by atoms with van der Waals surface area (Å²) in [6, 6.07) is 17.2. The van der Waals surface area contributed by atoms with Crippen LogP contribution in [0, 0.1) is 34.8 Å². The summed E-state index contributed by atoms with van der Waals surface area (Å²) in [5.41, 5.74) is 1.20. The van der Waals surface area contributed by atoms with Crippen LogP contribution in [0.3, 0.4) is 0 Å². The maximum atomic E-state index is 13.7. The number of carbonyl (C=O) groups is 5. The fourth-order valence-electron chi connectivity index (χ4n) is 5.27. The Morgan fingerprint density at radius 2 is 1.51 bits per heavy atom. The van der Waals surface area contributed by atoms with Crippen molar-refractivity contribution in [3.63, 3.8) is 0 Å². The molecule has 0 spiro atoms. The summed E-state index contributed by atoms with van der Waals surface area (Å²) >= 11 is 0. The highest BCUT2D eigenvalue weighted by Gasteiger charge is 2.53. The average molecular weight is 582 g/mol. The second kappa shape index (κ2) is 11.8. The predicted molar refractivity (Wildman–Crippen MR) is 153 cm³/mol. The maximum Gasteiger partial charge on any atom is 0.343 e. The summed E-state index contributed by atoms with van der Waals surface area (Å²) in [6.45, 7) is 3.05. The number of carbonyl (C=O) groups excluding carboxylic acids is 5. The van der Waals surface area contributed by atoms with Gasteiger partial charge in [-0.2, -0.15) is 5.01 Å². The predicted octanol–water partition coefficient (Wildman–Crippen LogP) is 4.56. The Morgan fingerprint density at radius 1 is 0.907 bits per heavy atom. The van der Waals surface area contributed by atoms with Crippen molar-refractivity contribution in [2.75, 3.05) is 6.54 Å². The zero-order valence-electron chi connectivity index (χ0n) is 23.3. The van der Waals surface area contributed by atoms with Gasteiger partial charge in [0.05, 0.1) is 22.3 Å². The van der Waals surface area contributed by atoms with Crippen LogP contribution in [0.5, 0.6) is 5.75 Å². The van der Waals surface area contributed by atoms with E-state index in [4.69, 9.17) is 4.74 Å². The topological polar surface area (TPSA) is 144 Å². The average Bonchev–Trinajstić information content (AvgIpc) is 3.26. The van der Waals surface area contributed by atoms with E-state index < -0.39 is 52.8 Å². The number of ether oxygens (including phenoxy) is 1. The second-order valence-corrected chi connectivity index (χ2v) is 10.5. The van der Waals surface area contributed by atoms with Gasteiger partial charge in [0, 0.05) is 23.3 Å². The fourth-order valence-corrected chi connectivity index (χ4v) is 5.27. The van der Waals surface area contributed by atoms with Crippen molar-refractivity contribution < 1.29 is 33.6 Å². The molecule has 3 aromatic carbocycles. The fraction of sp³-hybridized carbons (Fsp3) is 0.219. The van der Waals surface area contributed by atoms with Gasteiger partial charge in [-0.05, 0) is 67.8 Å². The van der Waals surface area contributed by atoms with Crippen LogP contribution in [0.2, 0.25) is 0 Å². The minimum atomic E-state index is -0.840. The molecule has 1 saturated heterocycles. The van der Waals surface area contributed by atoms with Crippen molar-refractivity contribution in [3.05, 3.63) is 117 Å². The first-order chi connectivity index (χ1) is 20.5. The molecule has 0 unspecified atom stereocenters. The van der Waals surface area contributed by atoms with Gasteiger partial charge in [-0.25, -0.2) is 9.80 Å². The van der Waals surface area contributed by atoms with Crippen LogP contribution in [0.4, 0.5) is 5.69 Å². The molecule has 1 heterocycles. The van der Waals surface area contributed by atoms with Gasteiger partial charge in [-0.15, -0.1) is 0 Å². The van der Waals surface area contributed by atoms with Crippen LogP contribution in [0.15, 0.2) is 84.9 Å². The normalized spacial score (nSPS) is 19.1. The minimum absolute atomic E-state index is 0.0431. The number of ketones is 1. The number of rotatable bonds is 8. The monoisotopic (exact) mass is 581 g/mol. The summed E-state index contributed by atoms with van der Waals surface area (Å²) < 4.78 is 5.39. The van der Waals surface area contributed by atoms with E-state index in [0.29, 0.717) is 12.0 Å². The molecule has 2 aliphatic rings. The van der Waals surface area contributed by atoms with Crippen molar-refractivity contribution >= 4 is 35.2 Å². The smallest absolute Gasteiger partial charge is 0.343 e. The summed E-state index contributed by atoms with van der Waals surface area (Å²) in [5.74, 6) is -4.59. The largest absolute Gasteiger partial charge is 0.423 e. The number of hydrogen-bond acceptors (Lipinski definition) is 8. The summed E-state index contributed by atoms with van der Waals surface area (Å²) in [4.78, 5) is 77.0. The minimum Gasteiger partial charge on any atom is -0.423 e. The third kappa shape index (κ3) is 5.82.